The third-order valence-electron chi connectivity index (χ3n) is 1.74. The highest BCUT2D eigenvalue weighted by Gasteiger charge is 2.06. The van der Waals surface area contributed by atoms with E-state index in [-0.39, 0.29) is 17.8 Å². The lowest BCUT2D eigenvalue weighted by atomic mass is 10.4. The highest BCUT2D eigenvalue weighted by molar-refractivity contribution is 6.18. The fourth-order valence-corrected chi connectivity index (χ4v) is 1.15. The molecule has 6 heteroatoms. The quantitative estimate of drug-likeness (QED) is 0.340. The van der Waals surface area contributed by atoms with Crippen LogP contribution in [0.3, 0.4) is 0 Å². The maximum atomic E-state index is 11.3. The summed E-state index contributed by atoms with van der Waals surface area (Å²) in [6.45, 7) is 0.285. The minimum Gasteiger partial charge on any atom is -0.305 e. The van der Waals surface area contributed by atoms with Crippen molar-refractivity contribution in [2.75, 3.05) is 5.88 Å². The second-order valence-electron chi connectivity index (χ2n) is 2.76. The molecule has 80 valence electrons. The van der Waals surface area contributed by atoms with Crippen LogP contribution < -0.4 is 5.56 Å². The van der Waals surface area contributed by atoms with Crippen molar-refractivity contribution in [3.05, 3.63) is 50.9 Å². The molecule has 15 heavy (non-hydrogen) atoms. The summed E-state index contributed by atoms with van der Waals surface area (Å²) >= 11 is 5.41. The maximum absolute atomic E-state index is 11.3. The van der Waals surface area contributed by atoms with E-state index in [4.69, 9.17) is 11.6 Å². The van der Waals surface area contributed by atoms with Gasteiger partial charge in [0.05, 0.1) is 11.1 Å². The number of allylic oxidation sites excluding steroid dienone is 2. The summed E-state index contributed by atoms with van der Waals surface area (Å²) in [6, 6.07) is 2.36. The molecule has 0 radical (unpaired) electrons. The Morgan fingerprint density at radius 3 is 2.80 bits per heavy atom. The van der Waals surface area contributed by atoms with Crippen LogP contribution in [0.25, 0.3) is 0 Å². The van der Waals surface area contributed by atoms with E-state index in [9.17, 15) is 14.9 Å². The minimum absolute atomic E-state index is 0.103. The highest BCUT2D eigenvalue weighted by atomic mass is 35.5. The fourth-order valence-electron chi connectivity index (χ4n) is 1.02. The number of aromatic nitrogens is 1. The van der Waals surface area contributed by atoms with Gasteiger partial charge in [0.15, 0.2) is 0 Å². The topological polar surface area (TPSA) is 65.1 Å². The molecule has 0 aromatic carbocycles. The van der Waals surface area contributed by atoms with Gasteiger partial charge in [-0.2, -0.15) is 0 Å². The molecule has 0 amide bonds. The largest absolute Gasteiger partial charge is 0.305 e. The Labute approximate surface area is 90.7 Å². The Morgan fingerprint density at radius 1 is 1.47 bits per heavy atom. The van der Waals surface area contributed by atoms with Crippen LogP contribution in [-0.4, -0.2) is 15.4 Å². The Morgan fingerprint density at radius 2 is 2.20 bits per heavy atom. The van der Waals surface area contributed by atoms with Gasteiger partial charge in [-0.05, 0) is 0 Å². The lowest BCUT2D eigenvalue weighted by Gasteiger charge is -2.00. The normalized spacial score (nSPS) is 10.7. The van der Waals surface area contributed by atoms with Crippen molar-refractivity contribution in [1.82, 2.24) is 4.57 Å². The van der Waals surface area contributed by atoms with Crippen LogP contribution in [0, 0.1) is 10.1 Å². The molecule has 0 aliphatic rings. The van der Waals surface area contributed by atoms with Gasteiger partial charge in [-0.15, -0.1) is 11.6 Å². The van der Waals surface area contributed by atoms with E-state index in [1.165, 1.54) is 22.9 Å². The highest BCUT2D eigenvalue weighted by Crippen LogP contribution is 2.06. The van der Waals surface area contributed by atoms with Crippen molar-refractivity contribution < 1.29 is 4.92 Å². The van der Waals surface area contributed by atoms with Crippen LogP contribution in [0.1, 0.15) is 0 Å². The Balaban J connectivity index is 2.95. The van der Waals surface area contributed by atoms with Crippen LogP contribution in [0.15, 0.2) is 35.3 Å². The fraction of sp³-hybridized carbons (Fsp3) is 0.222. The first-order chi connectivity index (χ1) is 7.15. The van der Waals surface area contributed by atoms with Crippen LogP contribution in [-0.2, 0) is 6.54 Å². The number of nitro groups is 1. The van der Waals surface area contributed by atoms with Crippen molar-refractivity contribution in [2.24, 2.45) is 0 Å². The molecule has 0 saturated carbocycles. The lowest BCUT2D eigenvalue weighted by Crippen LogP contribution is -2.17. The predicted octanol–water partition coefficient (Wildman–Crippen LogP) is 1.55. The second-order valence-corrected chi connectivity index (χ2v) is 3.07. The molecule has 0 fully saturated rings. The number of pyridine rings is 1. The number of alkyl halides is 1. The van der Waals surface area contributed by atoms with Gasteiger partial charge >= 0.3 is 0 Å². The first kappa shape index (κ1) is 11.5. The van der Waals surface area contributed by atoms with E-state index >= 15 is 0 Å². The molecule has 0 bridgehead atoms. The molecular formula is C9H9ClN2O3. The maximum Gasteiger partial charge on any atom is 0.285 e. The van der Waals surface area contributed by atoms with Gasteiger partial charge in [-0.25, -0.2) is 0 Å². The summed E-state index contributed by atoms with van der Waals surface area (Å²) in [7, 11) is 0. The molecular weight excluding hydrogens is 220 g/mol. The number of halogens is 1. The third kappa shape index (κ3) is 3.21. The van der Waals surface area contributed by atoms with Crippen molar-refractivity contribution >= 4 is 17.3 Å². The molecule has 0 unspecified atom stereocenters. The standard InChI is InChI=1S/C9H9ClN2O3/c10-5-1-2-6-11-7-8(12(14)15)3-4-9(11)13/h1-4,7H,5-6H2. The Kier molecular flexibility index (Phi) is 4.05. The van der Waals surface area contributed by atoms with Crippen LogP contribution in [0.2, 0.25) is 0 Å². The summed E-state index contributed by atoms with van der Waals surface area (Å²) in [5.74, 6) is 0.351. The molecule has 5 nitrogen and oxygen atoms in total. The number of rotatable bonds is 4. The van der Waals surface area contributed by atoms with Crippen LogP contribution >= 0.6 is 11.6 Å². The van der Waals surface area contributed by atoms with E-state index in [2.05, 4.69) is 0 Å². The Hall–Kier alpha value is -1.62. The van der Waals surface area contributed by atoms with Gasteiger partial charge in [-0.1, -0.05) is 12.2 Å². The first-order valence-corrected chi connectivity index (χ1v) is 4.74. The molecule has 1 heterocycles. The second kappa shape index (κ2) is 5.31. The van der Waals surface area contributed by atoms with Gasteiger partial charge in [0.2, 0.25) is 0 Å². The van der Waals surface area contributed by atoms with E-state index in [1.807, 2.05) is 0 Å². The van der Waals surface area contributed by atoms with E-state index in [0.717, 1.165) is 0 Å². The van der Waals surface area contributed by atoms with Crippen molar-refractivity contribution in [1.29, 1.82) is 0 Å². The van der Waals surface area contributed by atoms with E-state index in [0.29, 0.717) is 5.88 Å². The molecule has 0 aliphatic carbocycles. The summed E-state index contributed by atoms with van der Waals surface area (Å²) in [6.07, 6.45) is 4.56. The molecule has 0 aliphatic heterocycles. The van der Waals surface area contributed by atoms with Crippen molar-refractivity contribution in [2.45, 2.75) is 6.54 Å². The van der Waals surface area contributed by atoms with Gasteiger partial charge < -0.3 is 4.57 Å². The summed E-state index contributed by atoms with van der Waals surface area (Å²) in [5.41, 5.74) is -0.381. The molecule has 0 atom stereocenters. The zero-order valence-electron chi connectivity index (χ0n) is 7.80. The number of hydrogen-bond donors (Lipinski definition) is 0. The van der Waals surface area contributed by atoms with Crippen molar-refractivity contribution in [3.8, 4) is 0 Å². The Bertz CT molecular complexity index is 439. The average Bonchev–Trinajstić information content (AvgIpc) is 2.20. The minimum atomic E-state index is -0.540. The average molecular weight is 229 g/mol. The van der Waals surface area contributed by atoms with Gasteiger partial charge in [-0.3, -0.25) is 14.9 Å². The molecule has 1 aromatic rings. The monoisotopic (exact) mass is 228 g/mol. The third-order valence-corrected chi connectivity index (χ3v) is 1.91. The van der Waals surface area contributed by atoms with Gasteiger partial charge in [0.25, 0.3) is 11.2 Å². The molecule has 0 N–H and O–H groups in total. The zero-order valence-corrected chi connectivity index (χ0v) is 8.55. The lowest BCUT2D eigenvalue weighted by molar-refractivity contribution is -0.385. The van der Waals surface area contributed by atoms with E-state index in [1.54, 1.807) is 12.2 Å². The molecule has 1 aromatic heterocycles. The smallest absolute Gasteiger partial charge is 0.285 e. The first-order valence-electron chi connectivity index (χ1n) is 4.21. The number of nitrogens with zero attached hydrogens (tertiary/aromatic N) is 2. The van der Waals surface area contributed by atoms with E-state index < -0.39 is 4.92 Å². The van der Waals surface area contributed by atoms with Crippen LogP contribution in [0.5, 0.6) is 0 Å². The molecule has 0 saturated heterocycles. The van der Waals surface area contributed by atoms with Gasteiger partial charge in [0, 0.05) is 24.6 Å². The summed E-state index contributed by atoms with van der Waals surface area (Å²) in [4.78, 5) is 21.2. The van der Waals surface area contributed by atoms with Crippen molar-refractivity contribution in [3.63, 3.8) is 0 Å². The summed E-state index contributed by atoms with van der Waals surface area (Å²) in [5, 5.41) is 10.4. The van der Waals surface area contributed by atoms with Crippen LogP contribution in [0.4, 0.5) is 5.69 Å². The SMILES string of the molecule is O=c1ccc([N+](=O)[O-])cn1CC=CCCl. The molecule has 1 rings (SSSR count). The number of hydrogen-bond acceptors (Lipinski definition) is 3. The summed E-state index contributed by atoms with van der Waals surface area (Å²) < 4.78 is 1.25. The zero-order chi connectivity index (χ0) is 11.3. The molecule has 0 spiro atoms. The van der Waals surface area contributed by atoms with Gasteiger partial charge in [0.1, 0.15) is 0 Å². The predicted molar refractivity (Wildman–Crippen MR) is 57.2 cm³/mol.